The van der Waals surface area contributed by atoms with Crippen molar-refractivity contribution in [2.24, 2.45) is 0 Å². The van der Waals surface area contributed by atoms with Crippen LogP contribution in [0.3, 0.4) is 0 Å². The van der Waals surface area contributed by atoms with E-state index in [2.05, 4.69) is 0 Å². The van der Waals surface area contributed by atoms with Gasteiger partial charge in [0.2, 0.25) is 0 Å². The lowest BCUT2D eigenvalue weighted by molar-refractivity contribution is -0.0487. The average molecular weight is 259 g/mol. The molecule has 0 radical (unpaired) electrons. The lowest BCUT2D eigenvalue weighted by Gasteiger charge is -2.58. The van der Waals surface area contributed by atoms with Gasteiger partial charge in [-0.1, -0.05) is 0 Å². The summed E-state index contributed by atoms with van der Waals surface area (Å²) in [5.74, 6) is -1.00. The molecule has 1 N–H and O–H groups in total. The van der Waals surface area contributed by atoms with Crippen LogP contribution in [0.25, 0.3) is 0 Å². The Labute approximate surface area is 112 Å². The van der Waals surface area contributed by atoms with Crippen molar-refractivity contribution in [3.05, 3.63) is 34.9 Å². The minimum atomic E-state index is -0.986. The third-order valence-electron chi connectivity index (χ3n) is 4.47. The van der Waals surface area contributed by atoms with Crippen molar-refractivity contribution in [1.29, 1.82) is 0 Å². The Morgan fingerprint density at radius 3 is 2.32 bits per heavy atom. The zero-order valence-electron chi connectivity index (χ0n) is 11.0. The van der Waals surface area contributed by atoms with E-state index in [4.69, 9.17) is 5.11 Å². The van der Waals surface area contributed by atoms with Gasteiger partial charge in [0, 0.05) is 17.6 Å². The van der Waals surface area contributed by atoms with Gasteiger partial charge in [-0.3, -0.25) is 4.79 Å². The summed E-state index contributed by atoms with van der Waals surface area (Å²) >= 11 is 0. The number of carboxylic acid groups (broad SMARTS) is 1. The molecule has 0 atom stereocenters. The number of aryl methyl sites for hydroxylation is 1. The van der Waals surface area contributed by atoms with Crippen LogP contribution in [-0.4, -0.2) is 34.0 Å². The van der Waals surface area contributed by atoms with Gasteiger partial charge in [-0.15, -0.1) is 0 Å². The molecule has 1 aromatic carbocycles. The van der Waals surface area contributed by atoms with E-state index in [0.29, 0.717) is 5.56 Å². The first kappa shape index (κ1) is 12.2. The maximum atomic E-state index is 12.5. The van der Waals surface area contributed by atoms with Crippen LogP contribution in [0, 0.1) is 6.92 Å². The van der Waals surface area contributed by atoms with Crippen molar-refractivity contribution in [3.8, 4) is 0 Å². The Morgan fingerprint density at radius 2 is 1.84 bits per heavy atom. The smallest absolute Gasteiger partial charge is 0.335 e. The summed E-state index contributed by atoms with van der Waals surface area (Å²) in [7, 11) is 0. The highest BCUT2D eigenvalue weighted by molar-refractivity contribution is 5.98. The van der Waals surface area contributed by atoms with Crippen molar-refractivity contribution in [3.63, 3.8) is 0 Å². The minimum absolute atomic E-state index is 0.0165. The van der Waals surface area contributed by atoms with E-state index >= 15 is 0 Å². The van der Waals surface area contributed by atoms with Crippen molar-refractivity contribution < 1.29 is 14.7 Å². The first-order chi connectivity index (χ1) is 9.02. The number of hydrogen-bond donors (Lipinski definition) is 1. The quantitative estimate of drug-likeness (QED) is 0.887. The molecule has 4 heteroatoms. The fourth-order valence-electron chi connectivity index (χ4n) is 3.15. The number of hydrogen-bond acceptors (Lipinski definition) is 2. The van der Waals surface area contributed by atoms with Crippen LogP contribution in [0.2, 0.25) is 0 Å². The molecule has 19 heavy (non-hydrogen) atoms. The van der Waals surface area contributed by atoms with Gasteiger partial charge in [0.05, 0.1) is 5.56 Å². The molecule has 3 rings (SSSR count). The Bertz CT molecular complexity index is 555. The Balaban J connectivity index is 1.89. The number of amides is 1. The normalized spacial score (nSPS) is 19.7. The molecule has 2 aliphatic rings. The molecule has 0 aromatic heterocycles. The number of likely N-dealkylation sites (tertiary alicyclic amines) is 1. The predicted molar refractivity (Wildman–Crippen MR) is 70.4 cm³/mol. The van der Waals surface area contributed by atoms with Crippen LogP contribution < -0.4 is 0 Å². The van der Waals surface area contributed by atoms with Gasteiger partial charge in [0.1, 0.15) is 0 Å². The largest absolute Gasteiger partial charge is 0.478 e. The van der Waals surface area contributed by atoms with Crippen LogP contribution in [0.1, 0.15) is 52.0 Å². The molecule has 1 saturated carbocycles. The molecule has 1 aliphatic carbocycles. The number of carboxylic acids is 1. The second-order valence-electron chi connectivity index (χ2n) is 5.68. The highest BCUT2D eigenvalue weighted by Gasteiger charge is 2.51. The van der Waals surface area contributed by atoms with E-state index in [9.17, 15) is 9.59 Å². The van der Waals surface area contributed by atoms with E-state index in [1.165, 1.54) is 12.5 Å². The third-order valence-corrected chi connectivity index (χ3v) is 4.47. The fourth-order valence-corrected chi connectivity index (χ4v) is 3.15. The second kappa shape index (κ2) is 4.08. The molecule has 1 amide bonds. The molecule has 4 nitrogen and oxygen atoms in total. The summed E-state index contributed by atoms with van der Waals surface area (Å²) in [5, 5.41) is 9.06. The lowest BCUT2D eigenvalue weighted by atomic mass is 9.67. The summed E-state index contributed by atoms with van der Waals surface area (Å²) in [6, 6.07) is 4.86. The molecule has 1 saturated heterocycles. The van der Waals surface area contributed by atoms with Crippen molar-refractivity contribution in [2.75, 3.05) is 6.54 Å². The van der Waals surface area contributed by atoms with Gasteiger partial charge >= 0.3 is 5.97 Å². The number of carbonyl (C=O) groups is 2. The lowest BCUT2D eigenvalue weighted by Crippen LogP contribution is -2.65. The van der Waals surface area contributed by atoms with Crippen LogP contribution >= 0.6 is 0 Å². The number of rotatable bonds is 2. The predicted octanol–water partition coefficient (Wildman–Crippen LogP) is 2.46. The van der Waals surface area contributed by atoms with Crippen LogP contribution in [-0.2, 0) is 0 Å². The van der Waals surface area contributed by atoms with Crippen molar-refractivity contribution in [2.45, 2.75) is 38.1 Å². The highest BCUT2D eigenvalue weighted by Crippen LogP contribution is 2.47. The van der Waals surface area contributed by atoms with Crippen molar-refractivity contribution in [1.82, 2.24) is 4.90 Å². The topological polar surface area (TPSA) is 57.6 Å². The molecular weight excluding hydrogens is 242 g/mol. The molecule has 0 bridgehead atoms. The first-order valence-corrected chi connectivity index (χ1v) is 6.69. The number of nitrogens with zero attached hydrogens (tertiary/aromatic N) is 1. The SMILES string of the molecule is Cc1cc(C(=O)O)cc(C(=O)N2CCC23CCC3)c1. The molecule has 1 aliphatic heterocycles. The van der Waals surface area contributed by atoms with Crippen LogP contribution in [0.5, 0.6) is 0 Å². The van der Waals surface area contributed by atoms with E-state index in [0.717, 1.165) is 31.4 Å². The zero-order chi connectivity index (χ0) is 13.6. The summed E-state index contributed by atoms with van der Waals surface area (Å²) in [6.07, 6.45) is 4.47. The van der Waals surface area contributed by atoms with Gasteiger partial charge in [0.25, 0.3) is 5.91 Å². The first-order valence-electron chi connectivity index (χ1n) is 6.69. The molecule has 2 fully saturated rings. The highest BCUT2D eigenvalue weighted by atomic mass is 16.4. The molecule has 1 heterocycles. The van der Waals surface area contributed by atoms with Gasteiger partial charge in [-0.25, -0.2) is 4.79 Å². The Hall–Kier alpha value is -1.84. The molecular formula is C15H17NO3. The molecule has 1 spiro atoms. The van der Waals surface area contributed by atoms with Gasteiger partial charge in [0.15, 0.2) is 0 Å². The van der Waals surface area contributed by atoms with E-state index in [1.54, 1.807) is 12.1 Å². The monoisotopic (exact) mass is 259 g/mol. The van der Waals surface area contributed by atoms with Gasteiger partial charge < -0.3 is 10.0 Å². The number of carbonyl (C=O) groups excluding carboxylic acids is 1. The van der Waals surface area contributed by atoms with E-state index in [-0.39, 0.29) is 17.0 Å². The van der Waals surface area contributed by atoms with Crippen LogP contribution in [0.15, 0.2) is 18.2 Å². The maximum Gasteiger partial charge on any atom is 0.335 e. The molecule has 1 aromatic rings. The Morgan fingerprint density at radius 1 is 1.16 bits per heavy atom. The van der Waals surface area contributed by atoms with Crippen LogP contribution in [0.4, 0.5) is 0 Å². The summed E-state index contributed by atoms with van der Waals surface area (Å²) < 4.78 is 0. The third kappa shape index (κ3) is 1.82. The van der Waals surface area contributed by atoms with E-state index < -0.39 is 5.97 Å². The number of aromatic carboxylic acids is 1. The summed E-state index contributed by atoms with van der Waals surface area (Å²) in [4.78, 5) is 25.5. The van der Waals surface area contributed by atoms with Gasteiger partial charge in [-0.2, -0.15) is 0 Å². The van der Waals surface area contributed by atoms with Crippen molar-refractivity contribution >= 4 is 11.9 Å². The molecule has 100 valence electrons. The summed E-state index contributed by atoms with van der Waals surface area (Å²) in [6.45, 7) is 2.62. The zero-order valence-corrected chi connectivity index (χ0v) is 11.0. The maximum absolute atomic E-state index is 12.5. The Kier molecular flexibility index (Phi) is 2.62. The average Bonchev–Trinajstić information content (AvgIpc) is 2.24. The fraction of sp³-hybridized carbons (Fsp3) is 0.467. The molecule has 0 unspecified atom stereocenters. The van der Waals surface area contributed by atoms with E-state index in [1.807, 2.05) is 11.8 Å². The summed E-state index contributed by atoms with van der Waals surface area (Å²) in [5.41, 5.74) is 1.60. The number of benzene rings is 1. The standard InChI is InChI=1S/C15H17NO3/c1-10-7-11(9-12(8-10)14(18)19)13(17)16-6-5-15(16)3-2-4-15/h7-9H,2-6H2,1H3,(H,18,19). The van der Waals surface area contributed by atoms with Gasteiger partial charge in [-0.05, 0) is 56.4 Å². The minimum Gasteiger partial charge on any atom is -0.478 e. The second-order valence-corrected chi connectivity index (χ2v) is 5.68.